The van der Waals surface area contributed by atoms with E-state index >= 15 is 0 Å². The summed E-state index contributed by atoms with van der Waals surface area (Å²) in [5, 5.41) is 30.3. The zero-order valence-electron chi connectivity index (χ0n) is 9.37. The number of nitro benzene ring substituents is 1. The van der Waals surface area contributed by atoms with Gasteiger partial charge >= 0.3 is 5.97 Å². The van der Waals surface area contributed by atoms with Crippen molar-refractivity contribution in [3.05, 3.63) is 38.3 Å². The summed E-state index contributed by atoms with van der Waals surface area (Å²) in [7, 11) is 0. The molecule has 0 saturated carbocycles. The minimum absolute atomic E-state index is 0.0117. The van der Waals surface area contributed by atoms with Crippen LogP contribution in [0.2, 0.25) is 0 Å². The minimum Gasteiger partial charge on any atom is -0.479 e. The lowest BCUT2D eigenvalue weighted by Crippen LogP contribution is -2.36. The number of nitro groups is 1. The Morgan fingerprint density at radius 3 is 2.63 bits per heavy atom. The molecule has 0 spiro atoms. The fourth-order valence-electron chi connectivity index (χ4n) is 1.21. The molecule has 0 radical (unpaired) electrons. The molecule has 1 aromatic carbocycles. The number of aliphatic hydroxyl groups is 1. The van der Waals surface area contributed by atoms with Gasteiger partial charge in [0.25, 0.3) is 11.6 Å². The van der Waals surface area contributed by atoms with Crippen molar-refractivity contribution < 1.29 is 24.7 Å². The van der Waals surface area contributed by atoms with Gasteiger partial charge in [0.2, 0.25) is 0 Å². The van der Waals surface area contributed by atoms with E-state index in [1.54, 1.807) is 0 Å². The molecule has 1 aromatic rings. The van der Waals surface area contributed by atoms with E-state index in [1.807, 2.05) is 0 Å². The summed E-state index contributed by atoms with van der Waals surface area (Å²) in [6.45, 7) is -0.497. The van der Waals surface area contributed by atoms with E-state index in [-0.39, 0.29) is 15.7 Å². The monoisotopic (exact) mass is 332 g/mol. The topological polar surface area (TPSA) is 130 Å². The zero-order valence-corrected chi connectivity index (χ0v) is 11.0. The van der Waals surface area contributed by atoms with Crippen molar-refractivity contribution in [2.24, 2.45) is 0 Å². The predicted octanol–water partition coefficient (Wildman–Crippen LogP) is 0.533. The molecule has 1 amide bonds. The summed E-state index contributed by atoms with van der Waals surface area (Å²) in [6.07, 6.45) is -1.73. The largest absolute Gasteiger partial charge is 0.479 e. The van der Waals surface area contributed by atoms with Crippen LogP contribution in [0.1, 0.15) is 10.4 Å². The number of aliphatic hydroxyl groups excluding tert-OH is 1. The number of carboxylic acid groups (broad SMARTS) is 1. The van der Waals surface area contributed by atoms with Gasteiger partial charge < -0.3 is 15.5 Å². The van der Waals surface area contributed by atoms with E-state index in [0.29, 0.717) is 0 Å². The highest BCUT2D eigenvalue weighted by Gasteiger charge is 2.21. The van der Waals surface area contributed by atoms with Crippen LogP contribution in [0, 0.1) is 10.1 Å². The molecule has 0 aromatic heterocycles. The molecule has 0 fully saturated rings. The quantitative estimate of drug-likeness (QED) is 0.532. The number of carbonyl (C=O) groups is 2. The lowest BCUT2D eigenvalue weighted by molar-refractivity contribution is -0.385. The fraction of sp³-hybridized carbons (Fsp3) is 0.200. The number of carbonyl (C=O) groups excluding carboxylic acids is 1. The fourth-order valence-corrected chi connectivity index (χ4v) is 1.80. The summed E-state index contributed by atoms with van der Waals surface area (Å²) in [4.78, 5) is 32.1. The number of benzene rings is 1. The van der Waals surface area contributed by atoms with E-state index in [4.69, 9.17) is 10.2 Å². The molecule has 102 valence electrons. The first-order valence-corrected chi connectivity index (χ1v) is 5.76. The van der Waals surface area contributed by atoms with Crippen LogP contribution in [0.5, 0.6) is 0 Å². The average molecular weight is 333 g/mol. The van der Waals surface area contributed by atoms with Gasteiger partial charge in [0.15, 0.2) is 6.10 Å². The van der Waals surface area contributed by atoms with Crippen LogP contribution in [0.25, 0.3) is 0 Å². The first kappa shape index (κ1) is 15.1. The predicted molar refractivity (Wildman–Crippen MR) is 66.8 cm³/mol. The van der Waals surface area contributed by atoms with Crippen LogP contribution in [0.3, 0.4) is 0 Å². The maximum Gasteiger partial charge on any atom is 0.334 e. The number of carboxylic acids is 1. The number of hydrogen-bond acceptors (Lipinski definition) is 5. The third-order valence-electron chi connectivity index (χ3n) is 2.16. The van der Waals surface area contributed by atoms with Crippen molar-refractivity contribution in [3.8, 4) is 0 Å². The van der Waals surface area contributed by atoms with Gasteiger partial charge in [-0.25, -0.2) is 4.79 Å². The van der Waals surface area contributed by atoms with Crippen LogP contribution in [0.15, 0.2) is 22.7 Å². The van der Waals surface area contributed by atoms with E-state index in [9.17, 15) is 19.7 Å². The first-order chi connectivity index (χ1) is 8.84. The molecule has 0 bridgehead atoms. The number of rotatable bonds is 5. The summed E-state index contributed by atoms with van der Waals surface area (Å²) in [5.74, 6) is -2.20. The highest BCUT2D eigenvalue weighted by molar-refractivity contribution is 9.10. The third-order valence-corrected chi connectivity index (χ3v) is 2.99. The summed E-state index contributed by atoms with van der Waals surface area (Å²) in [6, 6.07) is 3.87. The Morgan fingerprint density at radius 1 is 1.47 bits per heavy atom. The Balaban J connectivity index is 2.86. The zero-order chi connectivity index (χ0) is 14.6. The van der Waals surface area contributed by atoms with Gasteiger partial charge in [0, 0.05) is 6.07 Å². The smallest absolute Gasteiger partial charge is 0.334 e. The highest BCUT2D eigenvalue weighted by Crippen LogP contribution is 2.28. The molecular weight excluding hydrogens is 324 g/mol. The average Bonchev–Trinajstić information content (AvgIpc) is 2.35. The Morgan fingerprint density at radius 2 is 2.11 bits per heavy atom. The van der Waals surface area contributed by atoms with Crippen molar-refractivity contribution in [1.29, 1.82) is 0 Å². The van der Waals surface area contributed by atoms with Crippen molar-refractivity contribution in [2.75, 3.05) is 6.54 Å². The van der Waals surface area contributed by atoms with E-state index in [2.05, 4.69) is 21.2 Å². The molecule has 0 saturated heterocycles. The van der Waals surface area contributed by atoms with Crippen molar-refractivity contribution in [1.82, 2.24) is 5.32 Å². The number of nitrogens with one attached hydrogen (secondary N) is 1. The molecule has 0 unspecified atom stereocenters. The number of amides is 1. The molecule has 1 rings (SSSR count). The number of aliphatic carboxylic acids is 1. The molecule has 19 heavy (non-hydrogen) atoms. The van der Waals surface area contributed by atoms with Gasteiger partial charge in [-0.2, -0.15) is 0 Å². The van der Waals surface area contributed by atoms with Crippen LogP contribution in [-0.4, -0.2) is 39.7 Å². The van der Waals surface area contributed by atoms with Gasteiger partial charge in [-0.05, 0) is 22.0 Å². The van der Waals surface area contributed by atoms with Crippen LogP contribution >= 0.6 is 15.9 Å². The Hall–Kier alpha value is -2.00. The van der Waals surface area contributed by atoms with Crippen molar-refractivity contribution in [3.63, 3.8) is 0 Å². The Bertz CT molecular complexity index is 533. The molecule has 0 aliphatic rings. The standard InChI is InChI=1S/C10H9BrN2O6/c11-8-5(2-1-3-6(8)13(18)19)9(15)12-4-7(14)10(16)17/h1-3,7,14H,4H2,(H,12,15)(H,16,17)/t7-/m0/s1. The highest BCUT2D eigenvalue weighted by atomic mass is 79.9. The second kappa shape index (κ2) is 6.25. The normalized spacial score (nSPS) is 11.7. The van der Waals surface area contributed by atoms with E-state index < -0.39 is 29.4 Å². The van der Waals surface area contributed by atoms with Gasteiger partial charge in [0.05, 0.1) is 17.0 Å². The number of nitrogens with zero attached hydrogens (tertiary/aromatic N) is 1. The SMILES string of the molecule is O=C(NC[C@H](O)C(=O)O)c1cccc([N+](=O)[O-])c1Br. The summed E-state index contributed by atoms with van der Waals surface area (Å²) in [5.41, 5.74) is -0.307. The second-order valence-electron chi connectivity index (χ2n) is 3.46. The number of halogens is 1. The third kappa shape index (κ3) is 3.73. The summed E-state index contributed by atoms with van der Waals surface area (Å²) < 4.78 is -0.0117. The molecule has 9 heteroatoms. The van der Waals surface area contributed by atoms with Gasteiger partial charge in [0.1, 0.15) is 4.47 Å². The molecular formula is C10H9BrN2O6. The second-order valence-corrected chi connectivity index (χ2v) is 4.25. The minimum atomic E-state index is -1.73. The lowest BCUT2D eigenvalue weighted by Gasteiger charge is -2.09. The lowest BCUT2D eigenvalue weighted by atomic mass is 10.2. The molecule has 3 N–H and O–H groups in total. The van der Waals surface area contributed by atoms with Crippen LogP contribution in [0.4, 0.5) is 5.69 Å². The number of hydrogen-bond donors (Lipinski definition) is 3. The van der Waals surface area contributed by atoms with E-state index in [1.165, 1.54) is 18.2 Å². The van der Waals surface area contributed by atoms with Crippen LogP contribution in [-0.2, 0) is 4.79 Å². The molecule has 0 aliphatic heterocycles. The van der Waals surface area contributed by atoms with Crippen molar-refractivity contribution >= 4 is 33.5 Å². The Kier molecular flexibility index (Phi) is 4.95. The molecule has 0 heterocycles. The van der Waals surface area contributed by atoms with Gasteiger partial charge in [-0.15, -0.1) is 0 Å². The Labute approximate surface area is 115 Å². The molecule has 1 atom stereocenters. The van der Waals surface area contributed by atoms with E-state index in [0.717, 1.165) is 0 Å². The summed E-state index contributed by atoms with van der Waals surface area (Å²) >= 11 is 2.94. The van der Waals surface area contributed by atoms with Crippen LogP contribution < -0.4 is 5.32 Å². The van der Waals surface area contributed by atoms with Crippen molar-refractivity contribution in [2.45, 2.75) is 6.10 Å². The maximum atomic E-state index is 11.7. The van der Waals surface area contributed by atoms with Gasteiger partial charge in [-0.1, -0.05) is 6.07 Å². The molecule has 0 aliphatic carbocycles. The first-order valence-electron chi connectivity index (χ1n) is 4.96. The molecule has 8 nitrogen and oxygen atoms in total. The maximum absolute atomic E-state index is 11.7. The van der Waals surface area contributed by atoms with Gasteiger partial charge in [-0.3, -0.25) is 14.9 Å².